The minimum absolute atomic E-state index is 0.104. The summed E-state index contributed by atoms with van der Waals surface area (Å²) in [4.78, 5) is 9.41. The normalized spacial score (nSPS) is 26.7. The molecule has 0 saturated carbocycles. The van der Waals surface area contributed by atoms with E-state index in [4.69, 9.17) is 19.5 Å². The van der Waals surface area contributed by atoms with Gasteiger partial charge in [0.15, 0.2) is 11.8 Å². The molecule has 19 heavy (non-hydrogen) atoms. The van der Waals surface area contributed by atoms with Crippen molar-refractivity contribution >= 4 is 11.8 Å². The van der Waals surface area contributed by atoms with Crippen molar-refractivity contribution in [1.29, 1.82) is 0 Å². The Morgan fingerprint density at radius 3 is 1.63 bits per heavy atom. The second-order valence-electron chi connectivity index (χ2n) is 6.14. The number of aliphatic imine (C=N–C) groups is 2. The van der Waals surface area contributed by atoms with Crippen molar-refractivity contribution in [3.63, 3.8) is 0 Å². The highest BCUT2D eigenvalue weighted by molar-refractivity contribution is 6.01. The first kappa shape index (κ1) is 14.4. The van der Waals surface area contributed by atoms with Gasteiger partial charge in [0.25, 0.3) is 0 Å². The van der Waals surface area contributed by atoms with Gasteiger partial charge in [-0.15, -0.1) is 0 Å². The molecule has 0 unspecified atom stereocenters. The molecule has 0 N–H and O–H groups in total. The lowest BCUT2D eigenvalue weighted by Crippen LogP contribution is -2.24. The third kappa shape index (κ3) is 3.10. The topological polar surface area (TPSA) is 43.2 Å². The molecule has 4 heteroatoms. The minimum atomic E-state index is 0.104. The summed E-state index contributed by atoms with van der Waals surface area (Å²) in [6.07, 6.45) is 0.924. The van der Waals surface area contributed by atoms with Gasteiger partial charge in [-0.05, 0) is 18.3 Å². The van der Waals surface area contributed by atoms with Gasteiger partial charge in [-0.1, -0.05) is 34.6 Å². The third-order valence-electron chi connectivity index (χ3n) is 3.93. The summed E-state index contributed by atoms with van der Waals surface area (Å²) in [7, 11) is 0. The van der Waals surface area contributed by atoms with Gasteiger partial charge in [0.1, 0.15) is 19.1 Å². The van der Waals surface area contributed by atoms with Crippen LogP contribution < -0.4 is 0 Å². The third-order valence-corrected chi connectivity index (χ3v) is 3.93. The first-order valence-corrected chi connectivity index (χ1v) is 7.43. The molecule has 2 aliphatic heterocycles. The van der Waals surface area contributed by atoms with Crippen LogP contribution in [0, 0.1) is 17.8 Å². The molecule has 0 saturated heterocycles. The standard InChI is InChI=1S/C15H26N2O2/c1-6-11(14-16-12(7-18-14)9(2)3)15-17-13(8-19-15)10(4)5/h9-13H,6-8H2,1-5H3/t12-,13-/m0/s1. The first-order valence-electron chi connectivity index (χ1n) is 7.43. The predicted molar refractivity (Wildman–Crippen MR) is 77.8 cm³/mol. The van der Waals surface area contributed by atoms with E-state index in [9.17, 15) is 0 Å². The van der Waals surface area contributed by atoms with Gasteiger partial charge in [-0.25, -0.2) is 9.98 Å². The highest BCUT2D eigenvalue weighted by Gasteiger charge is 2.34. The summed E-state index contributed by atoms with van der Waals surface area (Å²) < 4.78 is 11.6. The Balaban J connectivity index is 2.09. The number of ether oxygens (including phenoxy) is 2. The van der Waals surface area contributed by atoms with Gasteiger partial charge in [0, 0.05) is 0 Å². The molecule has 2 rings (SSSR count). The van der Waals surface area contributed by atoms with Crippen LogP contribution in [0.5, 0.6) is 0 Å². The van der Waals surface area contributed by atoms with Crippen molar-refractivity contribution < 1.29 is 9.47 Å². The minimum Gasteiger partial charge on any atom is -0.478 e. The maximum Gasteiger partial charge on any atom is 0.196 e. The van der Waals surface area contributed by atoms with E-state index in [1.54, 1.807) is 0 Å². The molecular formula is C15H26N2O2. The molecule has 0 radical (unpaired) electrons. The lowest BCUT2D eigenvalue weighted by Gasteiger charge is -2.13. The van der Waals surface area contributed by atoms with Gasteiger partial charge in [0.05, 0.1) is 12.1 Å². The molecule has 2 heterocycles. The van der Waals surface area contributed by atoms with Gasteiger partial charge in [-0.3, -0.25) is 0 Å². The molecule has 4 nitrogen and oxygen atoms in total. The van der Waals surface area contributed by atoms with Crippen molar-refractivity contribution in [2.75, 3.05) is 13.2 Å². The fraction of sp³-hybridized carbons (Fsp3) is 0.867. The van der Waals surface area contributed by atoms with Crippen molar-refractivity contribution in [2.45, 2.75) is 53.1 Å². The molecule has 0 amide bonds. The summed E-state index contributed by atoms with van der Waals surface area (Å²) in [6, 6.07) is 0.568. The summed E-state index contributed by atoms with van der Waals surface area (Å²) >= 11 is 0. The molecule has 0 fully saturated rings. The fourth-order valence-electron chi connectivity index (χ4n) is 2.34. The number of rotatable bonds is 5. The van der Waals surface area contributed by atoms with E-state index in [0.29, 0.717) is 25.0 Å². The lowest BCUT2D eigenvalue weighted by molar-refractivity contribution is 0.264. The molecule has 0 aromatic rings. The number of hydrogen-bond donors (Lipinski definition) is 0. The fourth-order valence-corrected chi connectivity index (χ4v) is 2.34. The zero-order valence-electron chi connectivity index (χ0n) is 12.7. The van der Waals surface area contributed by atoms with E-state index in [2.05, 4.69) is 34.6 Å². The Labute approximate surface area is 116 Å². The van der Waals surface area contributed by atoms with Crippen LogP contribution in [0.25, 0.3) is 0 Å². The molecule has 0 spiro atoms. The number of hydrogen-bond acceptors (Lipinski definition) is 4. The summed E-state index contributed by atoms with van der Waals surface area (Å²) in [5.74, 6) is 2.79. The molecule has 0 aliphatic carbocycles. The Hall–Kier alpha value is -1.06. The van der Waals surface area contributed by atoms with Crippen LogP contribution in [0.1, 0.15) is 41.0 Å². The van der Waals surface area contributed by atoms with E-state index >= 15 is 0 Å². The lowest BCUT2D eigenvalue weighted by atomic mass is 10.1. The summed E-state index contributed by atoms with van der Waals surface area (Å²) in [6.45, 7) is 12.3. The van der Waals surface area contributed by atoms with Gasteiger partial charge in [-0.2, -0.15) is 0 Å². The highest BCUT2D eigenvalue weighted by atomic mass is 16.5. The highest BCUT2D eigenvalue weighted by Crippen LogP contribution is 2.24. The largest absolute Gasteiger partial charge is 0.478 e. The van der Waals surface area contributed by atoms with Crippen LogP contribution in [-0.2, 0) is 9.47 Å². The van der Waals surface area contributed by atoms with Crippen LogP contribution in [0.15, 0.2) is 9.98 Å². The molecule has 0 aromatic heterocycles. The Bertz CT molecular complexity index is 340. The Kier molecular flexibility index (Phi) is 4.48. The van der Waals surface area contributed by atoms with E-state index in [1.807, 2.05) is 0 Å². The van der Waals surface area contributed by atoms with Crippen LogP contribution in [0.4, 0.5) is 0 Å². The predicted octanol–water partition coefficient (Wildman–Crippen LogP) is 2.92. The van der Waals surface area contributed by atoms with Gasteiger partial charge in [0.2, 0.25) is 0 Å². The quantitative estimate of drug-likeness (QED) is 0.768. The van der Waals surface area contributed by atoms with Crippen molar-refractivity contribution in [2.24, 2.45) is 27.7 Å². The van der Waals surface area contributed by atoms with Crippen molar-refractivity contribution in [3.8, 4) is 0 Å². The Morgan fingerprint density at radius 2 is 1.37 bits per heavy atom. The molecule has 2 atom stereocenters. The zero-order valence-corrected chi connectivity index (χ0v) is 12.7. The van der Waals surface area contributed by atoms with Crippen LogP contribution in [0.2, 0.25) is 0 Å². The zero-order chi connectivity index (χ0) is 14.0. The van der Waals surface area contributed by atoms with Gasteiger partial charge < -0.3 is 9.47 Å². The Morgan fingerprint density at radius 1 is 0.947 bits per heavy atom. The monoisotopic (exact) mass is 266 g/mol. The average molecular weight is 266 g/mol. The van der Waals surface area contributed by atoms with Crippen LogP contribution in [0.3, 0.4) is 0 Å². The average Bonchev–Trinajstić information content (AvgIpc) is 2.98. The smallest absolute Gasteiger partial charge is 0.196 e. The van der Waals surface area contributed by atoms with E-state index < -0.39 is 0 Å². The second-order valence-corrected chi connectivity index (χ2v) is 6.14. The molecule has 0 aromatic carbocycles. The van der Waals surface area contributed by atoms with Crippen molar-refractivity contribution in [3.05, 3.63) is 0 Å². The van der Waals surface area contributed by atoms with E-state index in [-0.39, 0.29) is 18.0 Å². The summed E-state index contributed by atoms with van der Waals surface area (Å²) in [5.41, 5.74) is 0. The summed E-state index contributed by atoms with van der Waals surface area (Å²) in [5, 5.41) is 0. The SMILES string of the molecule is CCC(C1=N[C@H](C(C)C)CO1)C1=N[C@H](C(C)C)CO1. The van der Waals surface area contributed by atoms with Gasteiger partial charge >= 0.3 is 0 Å². The number of nitrogens with zero attached hydrogens (tertiary/aromatic N) is 2. The maximum atomic E-state index is 5.78. The molecule has 108 valence electrons. The van der Waals surface area contributed by atoms with Crippen molar-refractivity contribution in [1.82, 2.24) is 0 Å². The molecule has 2 aliphatic rings. The van der Waals surface area contributed by atoms with Crippen LogP contribution >= 0.6 is 0 Å². The maximum absolute atomic E-state index is 5.78. The molecular weight excluding hydrogens is 240 g/mol. The molecule has 0 bridgehead atoms. The first-order chi connectivity index (χ1) is 9.02. The second kappa shape index (κ2) is 5.93. The van der Waals surface area contributed by atoms with E-state index in [0.717, 1.165) is 18.2 Å². The van der Waals surface area contributed by atoms with Crippen LogP contribution in [-0.4, -0.2) is 37.1 Å². The van der Waals surface area contributed by atoms with E-state index in [1.165, 1.54) is 0 Å².